The van der Waals surface area contributed by atoms with E-state index in [1.54, 1.807) is 19.6 Å². The molecule has 4 amide bonds. The third-order valence-corrected chi connectivity index (χ3v) is 8.51. The van der Waals surface area contributed by atoms with Gasteiger partial charge < -0.3 is 19.6 Å². The molecule has 2 aliphatic rings. The molecule has 0 bridgehead atoms. The Morgan fingerprint density at radius 1 is 0.360 bits per heavy atom. The summed E-state index contributed by atoms with van der Waals surface area (Å²) >= 11 is 0. The largest absolute Gasteiger partial charge is 0.314 e. The third-order valence-electron chi connectivity index (χ3n) is 8.51. The maximum Gasteiger partial charge on any atom is 0.314 e. The molecule has 0 unspecified atom stereocenters. The first-order valence-corrected chi connectivity index (χ1v) is 17.5. The predicted molar refractivity (Wildman–Crippen MR) is 201 cm³/mol. The number of nitrogens with zero attached hydrogens (tertiary/aromatic N) is 4. The molecule has 2 saturated heterocycles. The number of hydrogen-bond donors (Lipinski definition) is 0. The van der Waals surface area contributed by atoms with Crippen molar-refractivity contribution in [2.75, 3.05) is 0 Å². The number of rotatable bonds is 4. The van der Waals surface area contributed by atoms with E-state index < -0.39 is 45.8 Å². The summed E-state index contributed by atoms with van der Waals surface area (Å²) in [5, 5.41) is 0. The van der Waals surface area contributed by atoms with Crippen molar-refractivity contribution in [2.45, 2.75) is 130 Å². The smallest absolute Gasteiger partial charge is 0.309 e. The Balaban J connectivity index is 0.000000231. The minimum atomic E-state index is -0.400. The van der Waals surface area contributed by atoms with Crippen molar-refractivity contribution in [2.24, 2.45) is 0 Å². The molecule has 2 heterocycles. The highest BCUT2D eigenvalue weighted by atomic mass is 16.2. The van der Waals surface area contributed by atoms with E-state index in [9.17, 15) is 19.2 Å². The molecule has 0 spiro atoms. The normalized spacial score (nSPS) is 16.4. The van der Waals surface area contributed by atoms with Crippen LogP contribution < -0.4 is 0 Å². The highest BCUT2D eigenvalue weighted by molar-refractivity contribution is 6.37. The Kier molecular flexibility index (Phi) is 12.5. The Hall–Kier alpha value is -4.46. The summed E-state index contributed by atoms with van der Waals surface area (Å²) in [6, 6.07) is 32.0. The predicted octanol–water partition coefficient (Wildman–Crippen LogP) is 7.33. The zero-order valence-corrected chi connectivity index (χ0v) is 32.2. The van der Waals surface area contributed by atoms with Gasteiger partial charge in [-0.25, -0.2) is 0 Å². The van der Waals surface area contributed by atoms with Gasteiger partial charge in [-0.2, -0.15) is 0 Å². The molecule has 5 rings (SSSR count). The topological polar surface area (TPSA) is 81.2 Å². The van der Waals surface area contributed by atoms with Crippen molar-refractivity contribution in [3.8, 4) is 0 Å². The number of benzene rings is 3. The average Bonchev–Trinajstić information content (AvgIpc) is 3.43. The minimum Gasteiger partial charge on any atom is -0.309 e. The lowest BCUT2D eigenvalue weighted by molar-refractivity contribution is -0.146. The monoisotopic (exact) mass is 682 g/mol. The molecule has 2 fully saturated rings. The van der Waals surface area contributed by atoms with Crippen LogP contribution in [-0.4, -0.2) is 77.7 Å². The van der Waals surface area contributed by atoms with Gasteiger partial charge >= 0.3 is 23.6 Å². The summed E-state index contributed by atoms with van der Waals surface area (Å²) in [6.45, 7) is 23.7. The molecule has 0 saturated carbocycles. The first-order valence-electron chi connectivity index (χ1n) is 17.5. The van der Waals surface area contributed by atoms with Gasteiger partial charge in [-0.3, -0.25) is 19.2 Å². The Labute approximate surface area is 300 Å². The van der Waals surface area contributed by atoms with E-state index in [2.05, 4.69) is 0 Å². The average molecular weight is 683 g/mol. The molecular weight excluding hydrogens is 624 g/mol. The molecule has 3 aromatic carbocycles. The lowest BCUT2D eigenvalue weighted by Gasteiger charge is -2.42. The second-order valence-electron chi connectivity index (χ2n) is 16.9. The van der Waals surface area contributed by atoms with Gasteiger partial charge in [-0.05, 0) is 94.2 Å². The first kappa shape index (κ1) is 40.0. The van der Waals surface area contributed by atoms with Gasteiger partial charge in [-0.15, -0.1) is 0 Å². The molecule has 0 atom stereocenters. The van der Waals surface area contributed by atoms with Crippen molar-refractivity contribution in [3.63, 3.8) is 0 Å². The van der Waals surface area contributed by atoms with Crippen LogP contribution in [-0.2, 0) is 32.0 Å². The summed E-state index contributed by atoms with van der Waals surface area (Å²) < 4.78 is 0. The van der Waals surface area contributed by atoms with Gasteiger partial charge in [0.15, 0.2) is 0 Å². The van der Waals surface area contributed by atoms with Crippen molar-refractivity contribution in [1.29, 1.82) is 0 Å². The summed E-state index contributed by atoms with van der Waals surface area (Å²) in [4.78, 5) is 57.1. The Morgan fingerprint density at radius 2 is 0.540 bits per heavy atom. The summed E-state index contributed by atoms with van der Waals surface area (Å²) in [5.41, 5.74) is 0.661. The lowest BCUT2D eigenvalue weighted by atomic mass is 10.00. The van der Waals surface area contributed by atoms with E-state index in [4.69, 9.17) is 0 Å². The summed E-state index contributed by atoms with van der Waals surface area (Å²) in [5.74, 6) is -1.60. The van der Waals surface area contributed by atoms with Crippen molar-refractivity contribution in [3.05, 3.63) is 108 Å². The quantitative estimate of drug-likeness (QED) is 0.270. The number of amides is 4. The highest BCUT2D eigenvalue weighted by Gasteiger charge is 2.53. The summed E-state index contributed by atoms with van der Waals surface area (Å²) in [7, 11) is 0. The van der Waals surface area contributed by atoms with E-state index in [1.807, 2.05) is 180 Å². The fourth-order valence-electron chi connectivity index (χ4n) is 6.59. The van der Waals surface area contributed by atoms with Crippen LogP contribution in [0.15, 0.2) is 97.1 Å². The van der Waals surface area contributed by atoms with Gasteiger partial charge in [0.05, 0.1) is 0 Å². The van der Waals surface area contributed by atoms with Gasteiger partial charge in [0.1, 0.15) is 12.3 Å². The number of hydrogen-bond acceptors (Lipinski definition) is 4. The van der Waals surface area contributed by atoms with E-state index in [-0.39, 0.29) is 12.3 Å². The van der Waals surface area contributed by atoms with Crippen LogP contribution in [0.3, 0.4) is 0 Å². The van der Waals surface area contributed by atoms with Crippen LogP contribution in [0.4, 0.5) is 0 Å². The van der Waals surface area contributed by atoms with E-state index >= 15 is 0 Å². The molecule has 0 radical (unpaired) electrons. The minimum absolute atomic E-state index is 0.248. The first-order chi connectivity index (χ1) is 23.1. The molecule has 0 aliphatic carbocycles. The van der Waals surface area contributed by atoms with Crippen LogP contribution in [0.5, 0.6) is 0 Å². The van der Waals surface area contributed by atoms with Gasteiger partial charge in [0.2, 0.25) is 0 Å². The second-order valence-corrected chi connectivity index (χ2v) is 16.9. The van der Waals surface area contributed by atoms with Crippen molar-refractivity contribution in [1.82, 2.24) is 19.6 Å². The molecule has 3 aromatic rings. The molecule has 8 nitrogen and oxygen atoms in total. The third kappa shape index (κ3) is 9.83. The van der Waals surface area contributed by atoms with Crippen LogP contribution in [0.25, 0.3) is 0 Å². The molecule has 0 N–H and O–H groups in total. The van der Waals surface area contributed by atoms with Crippen LogP contribution in [0.1, 0.15) is 94.2 Å². The molecular formula is C42H58N4O4. The van der Waals surface area contributed by atoms with E-state index in [0.29, 0.717) is 12.8 Å². The Bertz CT molecular complexity index is 1380. The molecule has 0 aromatic heterocycles. The number of carbonyl (C=O) groups is 4. The van der Waals surface area contributed by atoms with Crippen molar-refractivity contribution < 1.29 is 19.2 Å². The maximum absolute atomic E-state index is 12.5. The molecule has 8 heteroatoms. The second kappa shape index (κ2) is 15.6. The highest BCUT2D eigenvalue weighted by Crippen LogP contribution is 2.35. The van der Waals surface area contributed by atoms with Crippen LogP contribution >= 0.6 is 0 Å². The van der Waals surface area contributed by atoms with Gasteiger partial charge in [-0.1, -0.05) is 97.1 Å². The van der Waals surface area contributed by atoms with Gasteiger partial charge in [0, 0.05) is 35.0 Å². The lowest BCUT2D eigenvalue weighted by Crippen LogP contribution is -2.54. The SMILES string of the molecule is CC(C)(C)N1C(=O)C(=O)N(C(C)(C)C)C1Cc1ccccc1.CC(C)(C)N1C(=O)C(=O)N(C(C)(C)C)C1Cc1ccccc1.c1ccccc1. The fraction of sp³-hybridized carbons (Fsp3) is 0.476. The van der Waals surface area contributed by atoms with Crippen LogP contribution in [0, 0.1) is 0 Å². The maximum atomic E-state index is 12.5. The van der Waals surface area contributed by atoms with Crippen molar-refractivity contribution >= 4 is 23.6 Å². The van der Waals surface area contributed by atoms with E-state index in [0.717, 1.165) is 11.1 Å². The zero-order chi connectivity index (χ0) is 37.7. The van der Waals surface area contributed by atoms with Gasteiger partial charge in [0.25, 0.3) is 0 Å². The molecule has 270 valence electrons. The molecule has 50 heavy (non-hydrogen) atoms. The zero-order valence-electron chi connectivity index (χ0n) is 32.2. The Morgan fingerprint density at radius 3 is 0.720 bits per heavy atom. The standard InChI is InChI=1S/2C18H26N2O2.C6H6/c2*1-17(2,3)19-14(12-13-10-8-7-9-11-13)20(18(4,5)6)16(22)15(19)21;1-2-4-6-5-3-1/h2*7-11,14H,12H2,1-6H3;1-6H. The fourth-order valence-corrected chi connectivity index (χ4v) is 6.59. The van der Waals surface area contributed by atoms with E-state index in [1.165, 1.54) is 0 Å². The number of carbonyl (C=O) groups excluding carboxylic acids is 4. The van der Waals surface area contributed by atoms with Crippen LogP contribution in [0.2, 0.25) is 0 Å². The molecule has 2 aliphatic heterocycles. The summed E-state index contributed by atoms with van der Waals surface area (Å²) in [6.07, 6.45) is 0.796.